The van der Waals surface area contributed by atoms with Gasteiger partial charge in [-0.05, 0) is 22.0 Å². The second-order valence-electron chi connectivity index (χ2n) is 3.16. The number of hydrogen-bond donors (Lipinski definition) is 0. The fourth-order valence-electron chi connectivity index (χ4n) is 1.36. The average Bonchev–Trinajstić information content (AvgIpc) is 2.59. The first-order valence-corrected chi connectivity index (χ1v) is 7.37. The molecule has 0 aliphatic carbocycles. The van der Waals surface area contributed by atoms with Crippen molar-refractivity contribution in [1.82, 2.24) is 0 Å². The van der Waals surface area contributed by atoms with E-state index in [1.165, 1.54) is 0 Å². The van der Waals surface area contributed by atoms with Crippen LogP contribution in [0.5, 0.6) is 0 Å². The predicted molar refractivity (Wildman–Crippen MR) is 69.3 cm³/mol. The molecule has 1 aromatic rings. The highest BCUT2D eigenvalue weighted by Gasteiger charge is 2.26. The van der Waals surface area contributed by atoms with Gasteiger partial charge in [-0.1, -0.05) is 27.5 Å². The summed E-state index contributed by atoms with van der Waals surface area (Å²) in [6, 6.07) is 1.95. The molecule has 0 radical (unpaired) electrons. The quantitative estimate of drug-likeness (QED) is 0.726. The number of rotatable bonds is 2. The molecule has 1 aromatic heterocycles. The summed E-state index contributed by atoms with van der Waals surface area (Å²) in [5.74, 6) is 0. The molecular formula is C9H9Br2ClO2S. The molecule has 1 aliphatic rings. The second-order valence-corrected chi connectivity index (χ2v) is 6.95. The van der Waals surface area contributed by atoms with Crippen molar-refractivity contribution < 1.29 is 9.47 Å². The molecule has 0 spiro atoms. The Morgan fingerprint density at radius 3 is 2.87 bits per heavy atom. The Bertz CT molecular complexity index is 319. The topological polar surface area (TPSA) is 18.5 Å². The SMILES string of the molecule is Clc1cc(C(Br)C2COCCO2)sc1Br. The van der Waals surface area contributed by atoms with E-state index in [9.17, 15) is 0 Å². The van der Waals surface area contributed by atoms with Crippen LogP contribution in [-0.2, 0) is 9.47 Å². The molecule has 0 saturated carbocycles. The van der Waals surface area contributed by atoms with E-state index in [0.29, 0.717) is 19.8 Å². The zero-order valence-electron chi connectivity index (χ0n) is 7.71. The second kappa shape index (κ2) is 5.47. The third-order valence-electron chi connectivity index (χ3n) is 2.10. The monoisotopic (exact) mass is 374 g/mol. The molecule has 2 unspecified atom stereocenters. The van der Waals surface area contributed by atoms with Crippen molar-refractivity contribution in [1.29, 1.82) is 0 Å². The minimum absolute atomic E-state index is 0.0698. The van der Waals surface area contributed by atoms with E-state index >= 15 is 0 Å². The van der Waals surface area contributed by atoms with Crippen LogP contribution >= 0.6 is 54.8 Å². The zero-order valence-corrected chi connectivity index (χ0v) is 12.5. The van der Waals surface area contributed by atoms with E-state index in [0.717, 1.165) is 13.7 Å². The van der Waals surface area contributed by atoms with E-state index in [1.807, 2.05) is 6.07 Å². The van der Waals surface area contributed by atoms with Gasteiger partial charge in [0.15, 0.2) is 0 Å². The fourth-order valence-corrected chi connectivity index (χ4v) is 3.85. The van der Waals surface area contributed by atoms with Gasteiger partial charge >= 0.3 is 0 Å². The summed E-state index contributed by atoms with van der Waals surface area (Å²) in [4.78, 5) is 1.30. The van der Waals surface area contributed by atoms with Crippen molar-refractivity contribution in [3.8, 4) is 0 Å². The highest BCUT2D eigenvalue weighted by atomic mass is 79.9. The summed E-state index contributed by atoms with van der Waals surface area (Å²) in [5.41, 5.74) is 0. The third kappa shape index (κ3) is 2.96. The van der Waals surface area contributed by atoms with E-state index in [2.05, 4.69) is 31.9 Å². The molecule has 84 valence electrons. The van der Waals surface area contributed by atoms with Crippen LogP contribution < -0.4 is 0 Å². The first kappa shape index (κ1) is 12.3. The predicted octanol–water partition coefficient (Wildman–Crippen LogP) is 4.02. The molecule has 0 aromatic carbocycles. The lowest BCUT2D eigenvalue weighted by atomic mass is 10.2. The van der Waals surface area contributed by atoms with Gasteiger partial charge in [0.2, 0.25) is 0 Å². The summed E-state index contributed by atoms with van der Waals surface area (Å²) >= 11 is 14.6. The molecule has 2 atom stereocenters. The minimum atomic E-state index is 0.0698. The van der Waals surface area contributed by atoms with E-state index in [4.69, 9.17) is 21.1 Å². The van der Waals surface area contributed by atoms with Crippen LogP contribution in [0.4, 0.5) is 0 Å². The maximum Gasteiger partial charge on any atom is 0.0983 e. The van der Waals surface area contributed by atoms with Crippen molar-refractivity contribution >= 4 is 54.8 Å². The molecule has 0 N–H and O–H groups in total. The van der Waals surface area contributed by atoms with Crippen LogP contribution in [0, 0.1) is 0 Å². The van der Waals surface area contributed by atoms with Gasteiger partial charge in [-0.2, -0.15) is 0 Å². The summed E-state index contributed by atoms with van der Waals surface area (Å²) in [6.07, 6.45) is 0.0698. The number of halogens is 3. The largest absolute Gasteiger partial charge is 0.376 e. The molecule has 1 aliphatic heterocycles. The summed E-state index contributed by atoms with van der Waals surface area (Å²) < 4.78 is 11.9. The Hall–Kier alpha value is 0.870. The van der Waals surface area contributed by atoms with Gasteiger partial charge in [-0.15, -0.1) is 11.3 Å². The Balaban J connectivity index is 2.08. The number of hydrogen-bond acceptors (Lipinski definition) is 3. The van der Waals surface area contributed by atoms with Crippen molar-refractivity contribution in [3.63, 3.8) is 0 Å². The molecule has 6 heteroatoms. The van der Waals surface area contributed by atoms with Gasteiger partial charge in [0.1, 0.15) is 0 Å². The van der Waals surface area contributed by atoms with Gasteiger partial charge in [-0.3, -0.25) is 0 Å². The van der Waals surface area contributed by atoms with Crippen molar-refractivity contribution in [2.24, 2.45) is 0 Å². The molecule has 1 fully saturated rings. The number of thiophene rings is 1. The van der Waals surface area contributed by atoms with Gasteiger partial charge in [0.25, 0.3) is 0 Å². The zero-order chi connectivity index (χ0) is 10.8. The minimum Gasteiger partial charge on any atom is -0.376 e. The first-order chi connectivity index (χ1) is 7.18. The lowest BCUT2D eigenvalue weighted by Gasteiger charge is -2.26. The van der Waals surface area contributed by atoms with Crippen molar-refractivity contribution in [2.75, 3.05) is 19.8 Å². The molecule has 15 heavy (non-hydrogen) atoms. The van der Waals surface area contributed by atoms with Crippen LogP contribution in [0.1, 0.15) is 9.70 Å². The van der Waals surface area contributed by atoms with Crippen LogP contribution in [0.15, 0.2) is 9.85 Å². The van der Waals surface area contributed by atoms with E-state index in [1.54, 1.807) is 11.3 Å². The van der Waals surface area contributed by atoms with Gasteiger partial charge in [0, 0.05) is 4.88 Å². The lowest BCUT2D eigenvalue weighted by Crippen LogP contribution is -2.31. The smallest absolute Gasteiger partial charge is 0.0983 e. The highest BCUT2D eigenvalue weighted by Crippen LogP contribution is 2.40. The molecule has 0 bridgehead atoms. The van der Waals surface area contributed by atoms with Gasteiger partial charge in [-0.25, -0.2) is 0 Å². The third-order valence-corrected chi connectivity index (χ3v) is 6.05. The molecule has 2 heterocycles. The normalized spacial score (nSPS) is 24.1. The Labute approximate surface area is 114 Å². The van der Waals surface area contributed by atoms with Crippen LogP contribution in [0.3, 0.4) is 0 Å². The lowest BCUT2D eigenvalue weighted by molar-refractivity contribution is -0.0873. The number of alkyl halides is 1. The van der Waals surface area contributed by atoms with Crippen LogP contribution in [-0.4, -0.2) is 25.9 Å². The number of ether oxygens (including phenoxy) is 2. The van der Waals surface area contributed by atoms with Crippen molar-refractivity contribution in [2.45, 2.75) is 10.9 Å². The Kier molecular flexibility index (Phi) is 4.50. The van der Waals surface area contributed by atoms with Gasteiger partial charge in [0.05, 0.1) is 39.6 Å². The maximum absolute atomic E-state index is 5.98. The molecular weight excluding hydrogens is 367 g/mol. The summed E-state index contributed by atoms with van der Waals surface area (Å²) in [5, 5.41) is 0.746. The van der Waals surface area contributed by atoms with Gasteiger partial charge < -0.3 is 9.47 Å². The standard InChI is InChI=1S/C9H9Br2ClO2S/c10-8(6-4-13-1-2-14-6)7-3-5(12)9(11)15-7/h3,6,8H,1-2,4H2. The first-order valence-electron chi connectivity index (χ1n) is 4.46. The van der Waals surface area contributed by atoms with Crippen LogP contribution in [0.2, 0.25) is 5.02 Å². The molecule has 2 nitrogen and oxygen atoms in total. The highest BCUT2D eigenvalue weighted by molar-refractivity contribution is 9.11. The molecule has 2 rings (SSSR count). The van der Waals surface area contributed by atoms with E-state index in [-0.39, 0.29) is 10.9 Å². The maximum atomic E-state index is 5.98. The van der Waals surface area contributed by atoms with E-state index < -0.39 is 0 Å². The summed E-state index contributed by atoms with van der Waals surface area (Å²) in [7, 11) is 0. The molecule has 0 amide bonds. The van der Waals surface area contributed by atoms with Crippen LogP contribution in [0.25, 0.3) is 0 Å². The van der Waals surface area contributed by atoms with Crippen molar-refractivity contribution in [3.05, 3.63) is 19.8 Å². The Morgan fingerprint density at radius 2 is 2.33 bits per heavy atom. The average molecular weight is 376 g/mol. The fraction of sp³-hybridized carbons (Fsp3) is 0.556. The Morgan fingerprint density at radius 1 is 1.53 bits per heavy atom. The molecule has 1 saturated heterocycles. The summed E-state index contributed by atoms with van der Waals surface area (Å²) in [6.45, 7) is 1.97.